The van der Waals surface area contributed by atoms with Crippen LogP contribution < -0.4 is 15.4 Å². The Bertz CT molecular complexity index is 1260. The Hall–Kier alpha value is -2.69. The Labute approximate surface area is 202 Å². The molecule has 0 bridgehead atoms. The molecule has 1 amide bonds. The molecule has 1 saturated carbocycles. The van der Waals surface area contributed by atoms with E-state index in [-0.39, 0.29) is 43.6 Å². The Morgan fingerprint density at radius 2 is 1.94 bits per heavy atom. The zero-order valence-electron chi connectivity index (χ0n) is 18.9. The third-order valence-electron chi connectivity index (χ3n) is 6.83. The fraction of sp³-hybridized carbons (Fsp3) is 0.435. The summed E-state index contributed by atoms with van der Waals surface area (Å²) < 4.78 is 33.2. The summed E-state index contributed by atoms with van der Waals surface area (Å²) in [6.07, 6.45) is 5.65. The second kappa shape index (κ2) is 9.16. The summed E-state index contributed by atoms with van der Waals surface area (Å²) in [5, 5.41) is 17.1. The van der Waals surface area contributed by atoms with Gasteiger partial charge in [-0.2, -0.15) is 0 Å². The number of hydrogen-bond acceptors (Lipinski definition) is 7. The lowest BCUT2D eigenvalue weighted by atomic mass is 9.76. The van der Waals surface area contributed by atoms with Crippen LogP contribution in [0.3, 0.4) is 0 Å². The summed E-state index contributed by atoms with van der Waals surface area (Å²) >= 11 is 6.50. The fourth-order valence-electron chi connectivity index (χ4n) is 5.15. The standard InChI is InChI=1S/C23H26ClN3O6S/c1-25-23(13-14-6-4-3-5-7-14)20-17(26-22(23)28)10-9-16(24)21(20)34(31,32)19-11-8-15(27(29)30)12-18(19)33-2/h8-12,14,25H,3-7,13H2,1-2H3,(H,26,28). The first-order chi connectivity index (χ1) is 16.2. The number of non-ortho nitro benzene ring substituents is 1. The Balaban J connectivity index is 1.92. The number of halogens is 1. The van der Waals surface area contributed by atoms with E-state index in [1.54, 1.807) is 13.1 Å². The van der Waals surface area contributed by atoms with Gasteiger partial charge in [-0.15, -0.1) is 0 Å². The number of anilines is 1. The second-order valence-corrected chi connectivity index (χ2v) is 11.0. The summed E-state index contributed by atoms with van der Waals surface area (Å²) in [5.74, 6) is -0.256. The number of sulfone groups is 1. The van der Waals surface area contributed by atoms with Crippen molar-refractivity contribution in [1.29, 1.82) is 0 Å². The zero-order chi connectivity index (χ0) is 24.7. The minimum Gasteiger partial charge on any atom is -0.495 e. The first kappa shape index (κ1) is 24.4. The van der Waals surface area contributed by atoms with Crippen LogP contribution in [0.1, 0.15) is 44.1 Å². The number of nitrogens with zero attached hydrogens (tertiary/aromatic N) is 1. The molecule has 9 nitrogen and oxygen atoms in total. The number of benzene rings is 2. The van der Waals surface area contributed by atoms with E-state index in [4.69, 9.17) is 16.3 Å². The maximum absolute atomic E-state index is 14.0. The van der Waals surface area contributed by atoms with Crippen LogP contribution in [0.15, 0.2) is 40.1 Å². The molecule has 1 fully saturated rings. The van der Waals surface area contributed by atoms with Crippen LogP contribution >= 0.6 is 11.6 Å². The minimum atomic E-state index is -4.34. The number of fused-ring (bicyclic) bond motifs is 1. The van der Waals surface area contributed by atoms with Crippen LogP contribution in [0.25, 0.3) is 0 Å². The molecule has 0 spiro atoms. The maximum atomic E-state index is 14.0. The Morgan fingerprint density at radius 3 is 2.56 bits per heavy atom. The van der Waals surface area contributed by atoms with Crippen LogP contribution in [-0.2, 0) is 20.2 Å². The number of carbonyl (C=O) groups excluding carboxylic acids is 1. The lowest BCUT2D eigenvalue weighted by Gasteiger charge is -2.34. The molecule has 2 aromatic carbocycles. The SMILES string of the molecule is CNC1(CC2CCCCC2)C(=O)Nc2ccc(Cl)c(S(=O)(=O)c3ccc([N+](=O)[O-])cc3OC)c21. The first-order valence-corrected chi connectivity index (χ1v) is 12.9. The molecule has 0 aromatic heterocycles. The smallest absolute Gasteiger partial charge is 0.273 e. The highest BCUT2D eigenvalue weighted by molar-refractivity contribution is 7.91. The molecule has 1 aliphatic carbocycles. The van der Waals surface area contributed by atoms with Crippen molar-refractivity contribution in [1.82, 2.24) is 5.32 Å². The summed E-state index contributed by atoms with van der Waals surface area (Å²) in [5.41, 5.74) is -0.935. The summed E-state index contributed by atoms with van der Waals surface area (Å²) in [4.78, 5) is 23.4. The Morgan fingerprint density at radius 1 is 1.24 bits per heavy atom. The van der Waals surface area contributed by atoms with Gasteiger partial charge in [-0.05, 0) is 37.6 Å². The van der Waals surface area contributed by atoms with Gasteiger partial charge in [-0.25, -0.2) is 8.42 Å². The van der Waals surface area contributed by atoms with Crippen LogP contribution in [0.5, 0.6) is 5.75 Å². The van der Waals surface area contributed by atoms with Crippen molar-refractivity contribution in [3.05, 3.63) is 51.0 Å². The highest BCUT2D eigenvalue weighted by atomic mass is 35.5. The number of likely N-dealkylation sites (N-methyl/N-ethyl adjacent to an activating group) is 1. The number of nitro benzene ring substituents is 1. The molecule has 11 heteroatoms. The maximum Gasteiger partial charge on any atom is 0.273 e. The number of methoxy groups -OCH3 is 1. The fourth-order valence-corrected chi connectivity index (χ4v) is 7.37. The van der Waals surface area contributed by atoms with Crippen molar-refractivity contribution >= 4 is 38.7 Å². The van der Waals surface area contributed by atoms with E-state index >= 15 is 0 Å². The molecule has 0 saturated heterocycles. The van der Waals surface area contributed by atoms with Gasteiger partial charge in [0, 0.05) is 17.3 Å². The Kier molecular flexibility index (Phi) is 6.58. The van der Waals surface area contributed by atoms with Gasteiger partial charge in [0.05, 0.1) is 28.0 Å². The molecule has 4 rings (SSSR count). The lowest BCUT2D eigenvalue weighted by Crippen LogP contribution is -2.48. The van der Waals surface area contributed by atoms with E-state index in [1.807, 2.05) is 0 Å². The molecule has 1 heterocycles. The molecule has 1 unspecified atom stereocenters. The number of amides is 1. The summed E-state index contributed by atoms with van der Waals surface area (Å²) in [6, 6.07) is 6.32. The van der Waals surface area contributed by atoms with Crippen LogP contribution in [0.2, 0.25) is 5.02 Å². The second-order valence-electron chi connectivity index (χ2n) is 8.71. The van der Waals surface area contributed by atoms with Crippen molar-refractivity contribution < 1.29 is 22.9 Å². The summed E-state index contributed by atoms with van der Waals surface area (Å²) in [7, 11) is -1.46. The van der Waals surface area contributed by atoms with E-state index < -0.39 is 20.3 Å². The van der Waals surface area contributed by atoms with E-state index in [2.05, 4.69) is 10.6 Å². The lowest BCUT2D eigenvalue weighted by molar-refractivity contribution is -0.385. The molecule has 182 valence electrons. The molecular weight excluding hydrogens is 482 g/mol. The predicted octanol–water partition coefficient (Wildman–Crippen LogP) is 4.43. The molecule has 34 heavy (non-hydrogen) atoms. The van der Waals surface area contributed by atoms with Crippen molar-refractivity contribution in [3.63, 3.8) is 0 Å². The van der Waals surface area contributed by atoms with Crippen LogP contribution in [0, 0.1) is 16.0 Å². The van der Waals surface area contributed by atoms with E-state index in [9.17, 15) is 23.3 Å². The third kappa shape index (κ3) is 3.93. The van der Waals surface area contributed by atoms with Crippen molar-refractivity contribution in [2.45, 2.75) is 53.9 Å². The number of hydrogen-bond donors (Lipinski definition) is 2. The van der Waals surface area contributed by atoms with Crippen LogP contribution in [-0.4, -0.2) is 33.4 Å². The third-order valence-corrected chi connectivity index (χ3v) is 9.14. The van der Waals surface area contributed by atoms with Crippen molar-refractivity contribution in [2.75, 3.05) is 19.5 Å². The highest BCUT2D eigenvalue weighted by Gasteiger charge is 2.51. The number of ether oxygens (including phenoxy) is 1. The summed E-state index contributed by atoms with van der Waals surface area (Å²) in [6.45, 7) is 0. The molecule has 0 radical (unpaired) electrons. The highest BCUT2D eigenvalue weighted by Crippen LogP contribution is 2.49. The van der Waals surface area contributed by atoms with Crippen LogP contribution in [0.4, 0.5) is 11.4 Å². The van der Waals surface area contributed by atoms with Gasteiger partial charge in [0.1, 0.15) is 16.2 Å². The monoisotopic (exact) mass is 507 g/mol. The number of nitro groups is 1. The molecule has 1 atom stereocenters. The molecule has 1 aliphatic heterocycles. The van der Waals surface area contributed by atoms with Gasteiger partial charge in [0.25, 0.3) is 5.69 Å². The number of nitrogens with one attached hydrogen (secondary N) is 2. The van der Waals surface area contributed by atoms with Crippen molar-refractivity contribution in [3.8, 4) is 5.75 Å². The van der Waals surface area contributed by atoms with E-state index in [0.717, 1.165) is 50.3 Å². The molecule has 2 aliphatic rings. The normalized spacial score (nSPS) is 20.6. The van der Waals surface area contributed by atoms with Crippen molar-refractivity contribution in [2.24, 2.45) is 5.92 Å². The van der Waals surface area contributed by atoms with Gasteiger partial charge in [-0.3, -0.25) is 14.9 Å². The molecular formula is C23H26ClN3O6S. The van der Waals surface area contributed by atoms with Gasteiger partial charge >= 0.3 is 0 Å². The van der Waals surface area contributed by atoms with Gasteiger partial charge in [0.2, 0.25) is 15.7 Å². The number of rotatable bonds is 7. The van der Waals surface area contributed by atoms with Gasteiger partial charge in [-0.1, -0.05) is 43.7 Å². The first-order valence-electron chi connectivity index (χ1n) is 11.1. The number of carbonyl (C=O) groups is 1. The predicted molar refractivity (Wildman–Crippen MR) is 127 cm³/mol. The quantitative estimate of drug-likeness (QED) is 0.419. The van der Waals surface area contributed by atoms with E-state index in [1.165, 1.54) is 13.2 Å². The zero-order valence-corrected chi connectivity index (χ0v) is 20.5. The largest absolute Gasteiger partial charge is 0.495 e. The molecule has 2 aromatic rings. The molecule has 2 N–H and O–H groups in total. The van der Waals surface area contributed by atoms with Gasteiger partial charge in [0.15, 0.2) is 0 Å². The average molecular weight is 508 g/mol. The van der Waals surface area contributed by atoms with E-state index in [0.29, 0.717) is 12.1 Å². The topological polar surface area (TPSA) is 128 Å². The van der Waals surface area contributed by atoms with Gasteiger partial charge < -0.3 is 15.4 Å². The minimum absolute atomic E-state index is 0.0427. The average Bonchev–Trinajstić information content (AvgIpc) is 3.10.